The highest BCUT2D eigenvalue weighted by molar-refractivity contribution is 6.15. The van der Waals surface area contributed by atoms with Crippen molar-refractivity contribution in [1.29, 1.82) is 0 Å². The molecule has 1 rings (SSSR count). The molecule has 0 aromatic rings. The summed E-state index contributed by atoms with van der Waals surface area (Å²) in [5, 5.41) is 0. The summed E-state index contributed by atoms with van der Waals surface area (Å²) >= 11 is 0. The van der Waals surface area contributed by atoms with E-state index in [1.54, 1.807) is 4.98 Å². The molecule has 0 unspecified atom stereocenters. The molecule has 1 aliphatic rings. The Hall–Kier alpha value is -0.563. The highest BCUT2D eigenvalue weighted by Gasteiger charge is 2.37. The van der Waals surface area contributed by atoms with Crippen LogP contribution in [0.4, 0.5) is 13.2 Å². The van der Waals surface area contributed by atoms with Crippen LogP contribution in [0.15, 0.2) is 0 Å². The summed E-state index contributed by atoms with van der Waals surface area (Å²) in [6.07, 6.45) is -2.15. The summed E-state index contributed by atoms with van der Waals surface area (Å²) in [7, 11) is 0.0341. The number of alkyl halides is 3. The van der Waals surface area contributed by atoms with E-state index in [9.17, 15) is 18.0 Å². The molecule has 1 N–H and O–H groups in total. The number of carbonyl (C=O) groups is 1. The van der Waals surface area contributed by atoms with Gasteiger partial charge in [0.2, 0.25) is 0 Å². The molecule has 0 atom stereocenters. The third-order valence-electron chi connectivity index (χ3n) is 1.31. The van der Waals surface area contributed by atoms with E-state index in [1.165, 1.54) is 12.8 Å². The third-order valence-corrected chi connectivity index (χ3v) is 1.77. The maximum absolute atomic E-state index is 11.1. The van der Waals surface area contributed by atoms with E-state index in [1.807, 2.05) is 0 Å². The standard InChI is InChI=1S/C4H8O.C2H4F3NOSi/c1-2-4-5-3-1;3-2(4,5)1(7)6-8/h1-4H2;8H3,(H,6,7). The Morgan fingerprint density at radius 1 is 1.31 bits per heavy atom. The molecule has 1 amide bonds. The van der Waals surface area contributed by atoms with Crippen molar-refractivity contribution < 1.29 is 22.7 Å². The molecule has 0 aromatic heterocycles. The van der Waals surface area contributed by atoms with E-state index in [0.717, 1.165) is 13.2 Å². The van der Waals surface area contributed by atoms with Crippen LogP contribution in [0.3, 0.4) is 0 Å². The number of halogens is 3. The second-order valence-corrected chi connectivity index (χ2v) is 2.90. The van der Waals surface area contributed by atoms with Gasteiger partial charge in [-0.15, -0.1) is 0 Å². The fourth-order valence-corrected chi connectivity index (χ4v) is 0.936. The Morgan fingerprint density at radius 3 is 1.85 bits per heavy atom. The lowest BCUT2D eigenvalue weighted by molar-refractivity contribution is -0.171. The van der Waals surface area contributed by atoms with Crippen LogP contribution in [0.25, 0.3) is 0 Å². The van der Waals surface area contributed by atoms with Crippen LogP contribution in [-0.4, -0.2) is 35.7 Å². The van der Waals surface area contributed by atoms with E-state index in [0.29, 0.717) is 0 Å². The Kier molecular flexibility index (Phi) is 5.72. The largest absolute Gasteiger partial charge is 0.470 e. The van der Waals surface area contributed by atoms with Gasteiger partial charge in [-0.05, 0) is 12.8 Å². The zero-order chi connectivity index (χ0) is 10.3. The number of rotatable bonds is 0. The average molecular weight is 215 g/mol. The molecule has 1 saturated heterocycles. The predicted octanol–water partition coefficient (Wildman–Crippen LogP) is -0.258. The maximum atomic E-state index is 11.1. The van der Waals surface area contributed by atoms with Gasteiger partial charge in [-0.2, -0.15) is 13.2 Å². The molecule has 13 heavy (non-hydrogen) atoms. The van der Waals surface area contributed by atoms with Crippen LogP contribution in [0.2, 0.25) is 0 Å². The van der Waals surface area contributed by atoms with Crippen LogP contribution in [-0.2, 0) is 9.53 Å². The van der Waals surface area contributed by atoms with Gasteiger partial charge in [0, 0.05) is 13.2 Å². The SMILES string of the molecule is C1CCOC1.O=C(N[SiH3])C(F)(F)F. The second kappa shape index (κ2) is 5.98. The minimum Gasteiger partial charge on any atom is -0.383 e. The van der Waals surface area contributed by atoms with Gasteiger partial charge in [0.15, 0.2) is 0 Å². The molecule has 1 aliphatic heterocycles. The number of hydrogen-bond acceptors (Lipinski definition) is 2. The monoisotopic (exact) mass is 215 g/mol. The van der Waals surface area contributed by atoms with E-state index in [-0.39, 0.29) is 10.4 Å². The molecular formula is C6H12F3NO2Si. The Bertz CT molecular complexity index is 151. The Morgan fingerprint density at radius 2 is 1.77 bits per heavy atom. The number of ether oxygens (including phenoxy) is 1. The van der Waals surface area contributed by atoms with E-state index >= 15 is 0 Å². The minimum absolute atomic E-state index is 0.0341. The van der Waals surface area contributed by atoms with Gasteiger partial charge in [0.25, 0.3) is 0 Å². The summed E-state index contributed by atoms with van der Waals surface area (Å²) in [5.41, 5.74) is 0. The van der Waals surface area contributed by atoms with Gasteiger partial charge in [-0.1, -0.05) is 0 Å². The first-order chi connectivity index (χ1) is 5.98. The van der Waals surface area contributed by atoms with Gasteiger partial charge >= 0.3 is 12.1 Å². The van der Waals surface area contributed by atoms with Crippen molar-refractivity contribution in [2.45, 2.75) is 19.0 Å². The van der Waals surface area contributed by atoms with Crippen molar-refractivity contribution >= 4 is 16.3 Å². The first kappa shape index (κ1) is 12.4. The third kappa shape index (κ3) is 6.58. The number of carbonyl (C=O) groups excluding carboxylic acids is 1. The van der Waals surface area contributed by atoms with E-state index in [4.69, 9.17) is 4.74 Å². The minimum atomic E-state index is -4.71. The average Bonchev–Trinajstić information content (AvgIpc) is 2.58. The quantitative estimate of drug-likeness (QED) is 0.565. The summed E-state index contributed by atoms with van der Waals surface area (Å²) < 4.78 is 38.1. The lowest BCUT2D eigenvalue weighted by Gasteiger charge is -2.01. The molecular weight excluding hydrogens is 203 g/mol. The van der Waals surface area contributed by atoms with Gasteiger partial charge in [0.05, 0.1) is 0 Å². The zero-order valence-corrected chi connectivity index (χ0v) is 9.28. The molecule has 1 fully saturated rings. The Labute approximate surface area is 77.1 Å². The zero-order valence-electron chi connectivity index (χ0n) is 7.28. The van der Waals surface area contributed by atoms with Gasteiger partial charge in [0.1, 0.15) is 10.4 Å². The molecule has 0 radical (unpaired) electrons. The summed E-state index contributed by atoms with van der Waals surface area (Å²) in [5.74, 6) is -1.86. The van der Waals surface area contributed by atoms with E-state index in [2.05, 4.69) is 0 Å². The Balaban J connectivity index is 0.000000243. The smallest absolute Gasteiger partial charge is 0.383 e. The highest BCUT2D eigenvalue weighted by Crippen LogP contribution is 2.13. The maximum Gasteiger partial charge on any atom is 0.470 e. The highest BCUT2D eigenvalue weighted by atomic mass is 28.2. The van der Waals surface area contributed by atoms with Crippen LogP contribution in [0.5, 0.6) is 0 Å². The number of amides is 1. The fraction of sp³-hybridized carbons (Fsp3) is 0.833. The molecule has 0 saturated carbocycles. The van der Waals surface area contributed by atoms with Gasteiger partial charge in [-0.25, -0.2) is 0 Å². The van der Waals surface area contributed by atoms with Crippen molar-refractivity contribution in [2.24, 2.45) is 0 Å². The molecule has 1 heterocycles. The molecule has 7 heteroatoms. The summed E-state index contributed by atoms with van der Waals surface area (Å²) in [6, 6.07) is 0. The lowest BCUT2D eigenvalue weighted by atomic mass is 10.4. The van der Waals surface area contributed by atoms with Crippen molar-refractivity contribution in [1.82, 2.24) is 4.98 Å². The lowest BCUT2D eigenvalue weighted by Crippen LogP contribution is -2.34. The van der Waals surface area contributed by atoms with Crippen molar-refractivity contribution in [2.75, 3.05) is 13.2 Å². The second-order valence-electron chi connectivity index (χ2n) is 2.40. The van der Waals surface area contributed by atoms with Gasteiger partial charge in [-0.3, -0.25) is 4.79 Å². The molecule has 0 aromatic carbocycles. The normalized spacial score (nSPS) is 16.2. The first-order valence-electron chi connectivity index (χ1n) is 3.85. The van der Waals surface area contributed by atoms with E-state index < -0.39 is 12.1 Å². The van der Waals surface area contributed by atoms with Crippen molar-refractivity contribution in [3.05, 3.63) is 0 Å². The molecule has 3 nitrogen and oxygen atoms in total. The van der Waals surface area contributed by atoms with Crippen LogP contribution >= 0.6 is 0 Å². The molecule has 0 aliphatic carbocycles. The molecule has 0 bridgehead atoms. The van der Waals surface area contributed by atoms with Crippen LogP contribution in [0.1, 0.15) is 12.8 Å². The molecule has 0 spiro atoms. The van der Waals surface area contributed by atoms with Crippen molar-refractivity contribution in [3.63, 3.8) is 0 Å². The number of nitrogens with one attached hydrogen (secondary N) is 1. The summed E-state index contributed by atoms with van der Waals surface area (Å²) in [4.78, 5) is 11.2. The number of hydrogen-bond donors (Lipinski definition) is 1. The summed E-state index contributed by atoms with van der Waals surface area (Å²) in [6.45, 7) is 2.00. The fourth-order valence-electron chi connectivity index (χ4n) is 0.652. The van der Waals surface area contributed by atoms with Crippen LogP contribution in [0, 0.1) is 0 Å². The van der Waals surface area contributed by atoms with Crippen LogP contribution < -0.4 is 4.98 Å². The van der Waals surface area contributed by atoms with Gasteiger partial charge < -0.3 is 9.72 Å². The topological polar surface area (TPSA) is 38.3 Å². The first-order valence-corrected chi connectivity index (χ1v) is 4.85. The predicted molar refractivity (Wildman–Crippen MR) is 44.2 cm³/mol. The molecule has 78 valence electrons. The van der Waals surface area contributed by atoms with Crippen molar-refractivity contribution in [3.8, 4) is 0 Å².